The number of carbonyl (C=O) groups excluding carboxylic acids is 1. The second kappa shape index (κ2) is 6.10. The third-order valence-electron chi connectivity index (χ3n) is 2.97. The Morgan fingerprint density at radius 2 is 2.22 bits per heavy atom. The van der Waals surface area contributed by atoms with Crippen molar-refractivity contribution in [3.63, 3.8) is 0 Å². The summed E-state index contributed by atoms with van der Waals surface area (Å²) >= 11 is 0. The maximum Gasteiger partial charge on any atom is 0.406 e. The second-order valence-corrected chi connectivity index (χ2v) is 4.27. The van der Waals surface area contributed by atoms with E-state index >= 15 is 0 Å². The van der Waals surface area contributed by atoms with Gasteiger partial charge in [-0.05, 0) is 42.3 Å². The molecule has 0 aliphatic carbocycles. The zero-order valence-corrected chi connectivity index (χ0v) is 10.5. The molecule has 4 heteroatoms. The van der Waals surface area contributed by atoms with Crippen molar-refractivity contribution in [1.82, 2.24) is 10.3 Å². The molecule has 0 aliphatic rings. The van der Waals surface area contributed by atoms with Crippen molar-refractivity contribution in [3.05, 3.63) is 36.0 Å². The highest BCUT2D eigenvalue weighted by Gasteiger charge is 1.99. The van der Waals surface area contributed by atoms with Gasteiger partial charge in [-0.25, -0.2) is 4.79 Å². The number of benzene rings is 1. The minimum atomic E-state index is -0.359. The molecule has 96 valence electrons. The lowest BCUT2D eigenvalue weighted by Gasteiger charge is -2.04. The molecule has 0 radical (unpaired) electrons. The van der Waals surface area contributed by atoms with Crippen molar-refractivity contribution in [2.45, 2.75) is 19.3 Å². The Balaban J connectivity index is 1.74. The van der Waals surface area contributed by atoms with E-state index in [4.69, 9.17) is 0 Å². The van der Waals surface area contributed by atoms with Gasteiger partial charge in [0.1, 0.15) is 0 Å². The minimum Gasteiger partial charge on any atom is -0.453 e. The molecule has 2 aromatic rings. The molecule has 18 heavy (non-hydrogen) atoms. The first-order valence-corrected chi connectivity index (χ1v) is 6.17. The first-order chi connectivity index (χ1) is 8.79. The van der Waals surface area contributed by atoms with Gasteiger partial charge in [-0.15, -0.1) is 0 Å². The van der Waals surface area contributed by atoms with E-state index in [1.54, 1.807) is 0 Å². The summed E-state index contributed by atoms with van der Waals surface area (Å²) in [5, 5.41) is 3.92. The predicted molar refractivity (Wildman–Crippen MR) is 71.6 cm³/mol. The first kappa shape index (κ1) is 12.5. The summed E-state index contributed by atoms with van der Waals surface area (Å²) in [6.45, 7) is 0.664. The van der Waals surface area contributed by atoms with Gasteiger partial charge in [0.25, 0.3) is 0 Å². The van der Waals surface area contributed by atoms with E-state index in [2.05, 4.69) is 39.3 Å². The summed E-state index contributed by atoms with van der Waals surface area (Å²) in [6.07, 6.45) is 4.63. The fourth-order valence-corrected chi connectivity index (χ4v) is 1.97. The highest BCUT2D eigenvalue weighted by atomic mass is 16.5. The van der Waals surface area contributed by atoms with E-state index in [0.29, 0.717) is 6.54 Å². The maximum atomic E-state index is 10.8. The number of ether oxygens (including phenoxy) is 1. The summed E-state index contributed by atoms with van der Waals surface area (Å²) in [6, 6.07) is 8.54. The number of hydrogen-bond acceptors (Lipinski definition) is 2. The quantitative estimate of drug-likeness (QED) is 0.797. The van der Waals surface area contributed by atoms with Crippen molar-refractivity contribution in [1.29, 1.82) is 0 Å². The van der Waals surface area contributed by atoms with Gasteiger partial charge < -0.3 is 15.0 Å². The fraction of sp³-hybridized carbons (Fsp3) is 0.357. The van der Waals surface area contributed by atoms with Crippen molar-refractivity contribution in [2.24, 2.45) is 0 Å². The van der Waals surface area contributed by atoms with Crippen LogP contribution in [-0.4, -0.2) is 24.7 Å². The number of hydrogen-bond donors (Lipinski definition) is 2. The number of nitrogens with one attached hydrogen (secondary N) is 2. The van der Waals surface area contributed by atoms with Crippen LogP contribution in [0.2, 0.25) is 0 Å². The zero-order chi connectivity index (χ0) is 12.8. The number of aromatic nitrogens is 1. The van der Waals surface area contributed by atoms with Crippen LogP contribution < -0.4 is 5.32 Å². The number of aromatic amines is 1. The largest absolute Gasteiger partial charge is 0.453 e. The number of methoxy groups -OCH3 is 1. The lowest BCUT2D eigenvalue weighted by atomic mass is 10.1. The molecule has 1 amide bonds. The topological polar surface area (TPSA) is 54.1 Å². The number of amides is 1. The van der Waals surface area contributed by atoms with E-state index in [-0.39, 0.29) is 6.09 Å². The molecule has 2 N–H and O–H groups in total. The number of rotatable bonds is 5. The summed E-state index contributed by atoms with van der Waals surface area (Å²) in [5.74, 6) is 0. The molecule has 0 saturated carbocycles. The molecule has 0 bridgehead atoms. The Kier molecular flexibility index (Phi) is 4.23. The van der Waals surface area contributed by atoms with Crippen LogP contribution in [0.3, 0.4) is 0 Å². The van der Waals surface area contributed by atoms with Gasteiger partial charge in [-0.1, -0.05) is 12.1 Å². The molecule has 0 spiro atoms. The number of H-pyrrole nitrogens is 1. The number of fused-ring (bicyclic) bond motifs is 1. The van der Waals surface area contributed by atoms with Crippen LogP contribution in [0.1, 0.15) is 18.4 Å². The molecule has 0 aliphatic heterocycles. The van der Waals surface area contributed by atoms with Gasteiger partial charge in [0.15, 0.2) is 0 Å². The molecule has 0 atom stereocenters. The van der Waals surface area contributed by atoms with E-state index in [1.807, 2.05) is 6.20 Å². The van der Waals surface area contributed by atoms with Gasteiger partial charge in [-0.2, -0.15) is 0 Å². The number of carbonyl (C=O) groups is 1. The molecule has 0 fully saturated rings. The van der Waals surface area contributed by atoms with E-state index in [0.717, 1.165) is 19.3 Å². The maximum absolute atomic E-state index is 10.8. The molecule has 0 saturated heterocycles. The number of aryl methyl sites for hydroxylation is 1. The van der Waals surface area contributed by atoms with Crippen LogP contribution in [0.5, 0.6) is 0 Å². The number of unbranched alkanes of at least 4 members (excludes halogenated alkanes) is 1. The molecule has 0 unspecified atom stereocenters. The molecule has 1 aromatic heterocycles. The lowest BCUT2D eigenvalue weighted by Crippen LogP contribution is -2.23. The fourth-order valence-electron chi connectivity index (χ4n) is 1.97. The normalized spacial score (nSPS) is 10.5. The summed E-state index contributed by atoms with van der Waals surface area (Å²) < 4.78 is 4.50. The standard InChI is InChI=1S/C14H18N2O2/c1-18-14(17)16-8-3-2-4-11-5-6-12-7-9-15-13(12)10-11/h5-7,9-10,15H,2-4,8H2,1H3,(H,16,17). The summed E-state index contributed by atoms with van der Waals surface area (Å²) in [4.78, 5) is 14.0. The van der Waals surface area contributed by atoms with Gasteiger partial charge in [0.2, 0.25) is 0 Å². The van der Waals surface area contributed by atoms with Crippen LogP contribution in [-0.2, 0) is 11.2 Å². The number of alkyl carbamates (subject to hydrolysis) is 1. The van der Waals surface area contributed by atoms with Gasteiger partial charge in [-0.3, -0.25) is 0 Å². The first-order valence-electron chi connectivity index (χ1n) is 6.17. The van der Waals surface area contributed by atoms with Crippen LogP contribution in [0, 0.1) is 0 Å². The molecular weight excluding hydrogens is 228 g/mol. The molecule has 4 nitrogen and oxygen atoms in total. The lowest BCUT2D eigenvalue weighted by molar-refractivity contribution is 0.171. The van der Waals surface area contributed by atoms with Crippen molar-refractivity contribution >= 4 is 17.0 Å². The van der Waals surface area contributed by atoms with Crippen LogP contribution in [0.15, 0.2) is 30.5 Å². The van der Waals surface area contributed by atoms with E-state index in [9.17, 15) is 4.79 Å². The van der Waals surface area contributed by atoms with Gasteiger partial charge in [0.05, 0.1) is 7.11 Å². The zero-order valence-electron chi connectivity index (χ0n) is 10.5. The van der Waals surface area contributed by atoms with Gasteiger partial charge in [0, 0.05) is 18.3 Å². The van der Waals surface area contributed by atoms with Crippen LogP contribution >= 0.6 is 0 Å². The van der Waals surface area contributed by atoms with E-state index in [1.165, 1.54) is 23.6 Å². The third-order valence-corrected chi connectivity index (χ3v) is 2.97. The monoisotopic (exact) mass is 246 g/mol. The average molecular weight is 246 g/mol. The minimum absolute atomic E-state index is 0.359. The Labute approximate surface area is 106 Å². The second-order valence-electron chi connectivity index (χ2n) is 4.27. The Morgan fingerprint density at radius 3 is 3.06 bits per heavy atom. The molecular formula is C14H18N2O2. The third kappa shape index (κ3) is 3.26. The Morgan fingerprint density at radius 1 is 1.33 bits per heavy atom. The molecule has 2 rings (SSSR count). The summed E-state index contributed by atoms with van der Waals surface area (Å²) in [7, 11) is 1.38. The molecule has 1 aromatic carbocycles. The highest BCUT2D eigenvalue weighted by molar-refractivity contribution is 5.79. The van der Waals surface area contributed by atoms with Crippen LogP contribution in [0.25, 0.3) is 10.9 Å². The van der Waals surface area contributed by atoms with Gasteiger partial charge >= 0.3 is 6.09 Å². The predicted octanol–water partition coefficient (Wildman–Crippen LogP) is 2.85. The smallest absolute Gasteiger partial charge is 0.406 e. The SMILES string of the molecule is COC(=O)NCCCCc1ccc2cc[nH]c2c1. The van der Waals surface area contributed by atoms with Crippen molar-refractivity contribution in [2.75, 3.05) is 13.7 Å². The Bertz CT molecular complexity index is 519. The molecule has 1 heterocycles. The Hall–Kier alpha value is -1.97. The summed E-state index contributed by atoms with van der Waals surface area (Å²) in [5.41, 5.74) is 2.50. The van der Waals surface area contributed by atoms with Crippen molar-refractivity contribution in [3.8, 4) is 0 Å². The van der Waals surface area contributed by atoms with Crippen LogP contribution in [0.4, 0.5) is 4.79 Å². The highest BCUT2D eigenvalue weighted by Crippen LogP contribution is 2.15. The average Bonchev–Trinajstić information content (AvgIpc) is 2.85. The van der Waals surface area contributed by atoms with Crippen molar-refractivity contribution < 1.29 is 9.53 Å². The van der Waals surface area contributed by atoms with E-state index < -0.39 is 0 Å².